The summed E-state index contributed by atoms with van der Waals surface area (Å²) in [6, 6.07) is 12.1. The lowest BCUT2D eigenvalue weighted by Gasteiger charge is -2.06. The topological polar surface area (TPSA) is 77.7 Å². The highest BCUT2D eigenvalue weighted by molar-refractivity contribution is 7.90. The first-order valence-electron chi connectivity index (χ1n) is 10.5. The zero-order valence-electron chi connectivity index (χ0n) is 18.1. The van der Waals surface area contributed by atoms with Crippen LogP contribution in [0.25, 0.3) is 10.2 Å². The summed E-state index contributed by atoms with van der Waals surface area (Å²) < 4.78 is 32.2. The van der Waals surface area contributed by atoms with Crippen molar-refractivity contribution in [3.8, 4) is 5.75 Å². The van der Waals surface area contributed by atoms with Gasteiger partial charge in [-0.15, -0.1) is 0 Å². The van der Waals surface area contributed by atoms with Crippen molar-refractivity contribution >= 4 is 37.3 Å². The number of aryl methyl sites for hydroxylation is 1. The zero-order chi connectivity index (χ0) is 22.4. The van der Waals surface area contributed by atoms with Crippen LogP contribution < -0.4 is 9.54 Å². The van der Waals surface area contributed by atoms with Crippen LogP contribution >= 0.6 is 11.3 Å². The fourth-order valence-corrected chi connectivity index (χ4v) is 5.01. The Kier molecular flexibility index (Phi) is 7.67. The molecule has 0 bridgehead atoms. The number of ether oxygens (including phenoxy) is 1. The first-order chi connectivity index (χ1) is 14.8. The Bertz CT molecular complexity index is 1220. The van der Waals surface area contributed by atoms with Crippen LogP contribution in [0.5, 0.6) is 5.75 Å². The standard InChI is InChI=1S/C23H28N2O4S2/c1-4-6-7-15-29-18-10-8-17(9-11-18)22(26)24-23-25(14-5-2)20-13-12-19(31(3,27)28)16-21(20)30-23/h8-13,16H,4-7,14-15H2,1-3H3. The minimum absolute atomic E-state index is 0.261. The van der Waals surface area contributed by atoms with Crippen LogP contribution in [-0.4, -0.2) is 31.8 Å². The molecular weight excluding hydrogens is 432 g/mol. The van der Waals surface area contributed by atoms with Crippen molar-refractivity contribution in [1.29, 1.82) is 0 Å². The Balaban J connectivity index is 1.90. The fraction of sp³-hybridized carbons (Fsp3) is 0.391. The molecule has 1 aromatic heterocycles. The van der Waals surface area contributed by atoms with E-state index in [0.717, 1.165) is 41.6 Å². The van der Waals surface area contributed by atoms with Gasteiger partial charge in [-0.05, 0) is 55.3 Å². The quantitative estimate of drug-likeness (QED) is 0.429. The number of sulfone groups is 1. The molecule has 0 aliphatic heterocycles. The minimum Gasteiger partial charge on any atom is -0.494 e. The monoisotopic (exact) mass is 460 g/mol. The van der Waals surface area contributed by atoms with Crippen LogP contribution in [0.4, 0.5) is 0 Å². The van der Waals surface area contributed by atoms with E-state index in [-0.39, 0.29) is 10.8 Å². The Morgan fingerprint density at radius 2 is 1.81 bits per heavy atom. The van der Waals surface area contributed by atoms with Gasteiger partial charge in [0.1, 0.15) is 5.75 Å². The van der Waals surface area contributed by atoms with E-state index in [0.29, 0.717) is 23.5 Å². The molecule has 31 heavy (non-hydrogen) atoms. The molecule has 3 aromatic rings. The van der Waals surface area contributed by atoms with Crippen LogP contribution in [0.1, 0.15) is 49.9 Å². The van der Waals surface area contributed by atoms with Gasteiger partial charge in [0.25, 0.3) is 5.91 Å². The molecule has 0 saturated heterocycles. The average molecular weight is 461 g/mol. The lowest BCUT2D eigenvalue weighted by molar-refractivity contribution is 0.0997. The normalized spacial score (nSPS) is 12.4. The molecule has 166 valence electrons. The van der Waals surface area contributed by atoms with E-state index in [4.69, 9.17) is 4.74 Å². The summed E-state index contributed by atoms with van der Waals surface area (Å²) in [5, 5.41) is 0. The molecule has 0 atom stereocenters. The molecule has 0 saturated carbocycles. The van der Waals surface area contributed by atoms with Crippen LogP contribution in [-0.2, 0) is 16.4 Å². The van der Waals surface area contributed by atoms with Gasteiger partial charge in [-0.3, -0.25) is 4.79 Å². The summed E-state index contributed by atoms with van der Waals surface area (Å²) >= 11 is 1.32. The molecule has 2 aromatic carbocycles. The number of benzene rings is 2. The van der Waals surface area contributed by atoms with Crippen molar-refractivity contribution in [2.75, 3.05) is 12.9 Å². The van der Waals surface area contributed by atoms with Crippen molar-refractivity contribution in [3.05, 3.63) is 52.8 Å². The fourth-order valence-electron chi connectivity index (χ4n) is 3.20. The molecule has 0 radical (unpaired) electrons. The molecule has 3 rings (SSSR count). The van der Waals surface area contributed by atoms with Gasteiger partial charge >= 0.3 is 0 Å². The molecule has 0 aliphatic carbocycles. The van der Waals surface area contributed by atoms with Crippen molar-refractivity contribution in [1.82, 2.24) is 4.57 Å². The lowest BCUT2D eigenvalue weighted by atomic mass is 10.2. The van der Waals surface area contributed by atoms with E-state index in [9.17, 15) is 13.2 Å². The number of fused-ring (bicyclic) bond motifs is 1. The number of carbonyl (C=O) groups excluding carboxylic acids is 1. The number of thiazole rings is 1. The van der Waals surface area contributed by atoms with Gasteiger partial charge in [0.15, 0.2) is 14.6 Å². The first kappa shape index (κ1) is 23.2. The Morgan fingerprint density at radius 3 is 2.45 bits per heavy atom. The molecule has 6 nitrogen and oxygen atoms in total. The summed E-state index contributed by atoms with van der Waals surface area (Å²) in [4.78, 5) is 17.9. The second-order valence-electron chi connectivity index (χ2n) is 7.43. The maximum Gasteiger partial charge on any atom is 0.279 e. The minimum atomic E-state index is -3.30. The van der Waals surface area contributed by atoms with Gasteiger partial charge in [-0.25, -0.2) is 8.42 Å². The molecule has 8 heteroatoms. The third kappa shape index (κ3) is 5.83. The number of carbonyl (C=O) groups is 1. The summed E-state index contributed by atoms with van der Waals surface area (Å²) in [6.07, 6.45) is 5.34. The van der Waals surface area contributed by atoms with Crippen LogP contribution in [0.3, 0.4) is 0 Å². The van der Waals surface area contributed by atoms with Crippen LogP contribution in [0.15, 0.2) is 52.4 Å². The average Bonchev–Trinajstić information content (AvgIpc) is 3.07. The van der Waals surface area contributed by atoms with Crippen molar-refractivity contribution in [2.45, 2.75) is 51.0 Å². The predicted octanol–water partition coefficient (Wildman–Crippen LogP) is 4.83. The molecule has 0 aliphatic rings. The van der Waals surface area contributed by atoms with Crippen LogP contribution in [0.2, 0.25) is 0 Å². The van der Waals surface area contributed by atoms with E-state index >= 15 is 0 Å². The molecule has 0 spiro atoms. The molecule has 1 heterocycles. The molecule has 0 fully saturated rings. The summed E-state index contributed by atoms with van der Waals surface area (Å²) in [6.45, 7) is 5.55. The van der Waals surface area contributed by atoms with E-state index in [1.165, 1.54) is 17.6 Å². The lowest BCUT2D eigenvalue weighted by Crippen LogP contribution is -2.16. The maximum atomic E-state index is 12.8. The Morgan fingerprint density at radius 1 is 1.06 bits per heavy atom. The highest BCUT2D eigenvalue weighted by Gasteiger charge is 2.13. The van der Waals surface area contributed by atoms with Gasteiger partial charge < -0.3 is 9.30 Å². The van der Waals surface area contributed by atoms with Crippen LogP contribution in [0, 0.1) is 0 Å². The number of nitrogens with zero attached hydrogens (tertiary/aromatic N) is 2. The number of hydrogen-bond donors (Lipinski definition) is 0. The van der Waals surface area contributed by atoms with E-state index in [2.05, 4.69) is 11.9 Å². The highest BCUT2D eigenvalue weighted by atomic mass is 32.2. The number of rotatable bonds is 9. The van der Waals surface area contributed by atoms with E-state index < -0.39 is 9.84 Å². The van der Waals surface area contributed by atoms with Gasteiger partial charge in [-0.1, -0.05) is 38.0 Å². The Hall–Kier alpha value is -2.45. The van der Waals surface area contributed by atoms with E-state index in [1.807, 2.05) is 11.5 Å². The Labute approximate surface area is 187 Å². The highest BCUT2D eigenvalue weighted by Crippen LogP contribution is 2.22. The number of amides is 1. The van der Waals surface area contributed by atoms with Crippen molar-refractivity contribution in [3.63, 3.8) is 0 Å². The molecular formula is C23H28N2O4S2. The van der Waals surface area contributed by atoms with Crippen molar-refractivity contribution in [2.24, 2.45) is 4.99 Å². The first-order valence-corrected chi connectivity index (χ1v) is 13.2. The van der Waals surface area contributed by atoms with Gasteiger partial charge in [-0.2, -0.15) is 4.99 Å². The third-order valence-corrected chi connectivity index (χ3v) is 7.00. The zero-order valence-corrected chi connectivity index (χ0v) is 19.8. The van der Waals surface area contributed by atoms with Gasteiger partial charge in [0, 0.05) is 18.4 Å². The maximum absolute atomic E-state index is 12.8. The second kappa shape index (κ2) is 10.2. The summed E-state index contributed by atoms with van der Waals surface area (Å²) in [5.74, 6) is 0.404. The SMILES string of the molecule is CCCCCOc1ccc(C(=O)N=c2sc3cc(S(C)(=O)=O)ccc3n2CCC)cc1. The number of hydrogen-bond acceptors (Lipinski definition) is 5. The molecule has 1 amide bonds. The molecule has 0 N–H and O–H groups in total. The number of aromatic nitrogens is 1. The number of unbranched alkanes of at least 4 members (excludes halogenated alkanes) is 2. The largest absolute Gasteiger partial charge is 0.494 e. The molecule has 0 unspecified atom stereocenters. The summed E-state index contributed by atoms with van der Waals surface area (Å²) in [7, 11) is -3.30. The van der Waals surface area contributed by atoms with E-state index in [1.54, 1.807) is 42.5 Å². The summed E-state index contributed by atoms with van der Waals surface area (Å²) in [5.41, 5.74) is 1.36. The van der Waals surface area contributed by atoms with Gasteiger partial charge in [0.05, 0.1) is 21.7 Å². The smallest absolute Gasteiger partial charge is 0.279 e. The van der Waals surface area contributed by atoms with Gasteiger partial charge in [0.2, 0.25) is 0 Å². The third-order valence-electron chi connectivity index (χ3n) is 4.84. The van der Waals surface area contributed by atoms with Crippen molar-refractivity contribution < 1.29 is 17.9 Å². The predicted molar refractivity (Wildman–Crippen MR) is 125 cm³/mol. The second-order valence-corrected chi connectivity index (χ2v) is 10.5.